The van der Waals surface area contributed by atoms with Crippen molar-refractivity contribution in [2.24, 2.45) is 0 Å². The van der Waals surface area contributed by atoms with E-state index in [0.717, 1.165) is 88.7 Å². The second-order valence-electron chi connectivity index (χ2n) is 17.8. The number of hydrogen-bond donors (Lipinski definition) is 2. The van der Waals surface area contributed by atoms with Gasteiger partial charge in [0.15, 0.2) is 0 Å². The number of halogens is 1. The van der Waals surface area contributed by atoms with Crippen molar-refractivity contribution in [3.05, 3.63) is 247 Å². The van der Waals surface area contributed by atoms with Crippen molar-refractivity contribution < 1.29 is 10.0 Å². The topological polar surface area (TPSA) is 118 Å². The van der Waals surface area contributed by atoms with E-state index in [-0.39, 0.29) is 0 Å². The van der Waals surface area contributed by atoms with Crippen LogP contribution in [-0.2, 0) is 0 Å². The molecule has 0 bridgehead atoms. The van der Waals surface area contributed by atoms with E-state index in [0.29, 0.717) is 0 Å². The molecule has 0 saturated heterocycles. The Morgan fingerprint density at radius 1 is 0.370 bits per heavy atom. The number of hydrogen-bond acceptors (Lipinski definition) is 8. The summed E-state index contributed by atoms with van der Waals surface area (Å²) in [7, 11) is -1.17. The first kappa shape index (κ1) is 54.6. The Labute approximate surface area is 440 Å². The normalized spacial score (nSPS) is 10.8. The van der Waals surface area contributed by atoms with Gasteiger partial charge in [-0.3, -0.25) is 24.9 Å². The number of aromatic nitrogens is 6. The van der Waals surface area contributed by atoms with Crippen LogP contribution in [-0.4, -0.2) is 47.1 Å². The van der Waals surface area contributed by atoms with E-state index >= 15 is 0 Å². The summed E-state index contributed by atoms with van der Waals surface area (Å²) >= 11 is 3.45. The maximum absolute atomic E-state index is 7.61. The molecular weight excluding hydrogens is 963 g/mol. The summed E-state index contributed by atoms with van der Waals surface area (Å²) < 4.78 is 0.870. The highest BCUT2D eigenvalue weighted by molar-refractivity contribution is 9.10. The highest BCUT2D eigenvalue weighted by Crippen LogP contribution is 2.29. The summed E-state index contributed by atoms with van der Waals surface area (Å²) in [5, 5.41) is 15.2. The zero-order valence-corrected chi connectivity index (χ0v) is 44.7. The lowest BCUT2D eigenvalue weighted by Gasteiger charge is -2.08. The fourth-order valence-electron chi connectivity index (χ4n) is 7.36. The van der Waals surface area contributed by atoms with Gasteiger partial charge in [-0.15, -0.1) is 0 Å². The number of rotatable bonds is 9. The molecule has 0 spiro atoms. The Hall–Kier alpha value is -7.76. The Morgan fingerprint density at radius 3 is 0.945 bits per heavy atom. The standard InChI is InChI=1S/2C21H20N2.C20H17BrN2.CH5BO2/c2*1-15-11-19(10-9-18-7-5-4-6-8-18)21(23-13-15)20-12-16(2)17(3)22-14-20;1-14-10-17(9-8-16-6-4-3-5-7-16)19(22-12-14)18-11-15(2)20(21)23-13-18;1-2(3)4/h2*4-14H,1-3H3;3-13H,1-2H3;3-4H,1H3/b2*10-9+;9-8+;. The van der Waals surface area contributed by atoms with Crippen LogP contribution in [0.1, 0.15) is 78.1 Å². The third kappa shape index (κ3) is 16.9. The van der Waals surface area contributed by atoms with Gasteiger partial charge < -0.3 is 10.0 Å². The smallest absolute Gasteiger partial charge is 0.427 e. The molecule has 73 heavy (non-hydrogen) atoms. The Bertz CT molecular complexity index is 2970. The van der Waals surface area contributed by atoms with E-state index in [9.17, 15) is 0 Å². The van der Waals surface area contributed by atoms with E-state index in [1.165, 1.54) is 34.6 Å². The van der Waals surface area contributed by atoms with Crippen LogP contribution < -0.4 is 0 Å². The molecule has 0 atom stereocenters. The van der Waals surface area contributed by atoms with E-state index in [1.807, 2.05) is 113 Å². The van der Waals surface area contributed by atoms with E-state index < -0.39 is 7.12 Å². The summed E-state index contributed by atoms with van der Waals surface area (Å²) in [5.41, 5.74) is 21.9. The summed E-state index contributed by atoms with van der Waals surface area (Å²) in [5.74, 6) is 0. The molecule has 0 fully saturated rings. The average Bonchev–Trinajstić information content (AvgIpc) is 3.38. The third-order valence-electron chi connectivity index (χ3n) is 11.4. The minimum atomic E-state index is -1.17. The van der Waals surface area contributed by atoms with E-state index in [1.54, 1.807) is 0 Å². The van der Waals surface area contributed by atoms with Crippen LogP contribution in [0, 0.1) is 55.4 Å². The lowest BCUT2D eigenvalue weighted by Crippen LogP contribution is -2.00. The lowest BCUT2D eigenvalue weighted by molar-refractivity contribution is 0.417. The van der Waals surface area contributed by atoms with Crippen LogP contribution in [0.15, 0.2) is 169 Å². The molecule has 9 aromatic rings. The highest BCUT2D eigenvalue weighted by atomic mass is 79.9. The van der Waals surface area contributed by atoms with Gasteiger partial charge in [0.1, 0.15) is 4.60 Å². The van der Waals surface area contributed by atoms with Crippen molar-refractivity contribution in [1.82, 2.24) is 29.9 Å². The Balaban J connectivity index is 0.000000172. The van der Waals surface area contributed by atoms with Crippen LogP contribution >= 0.6 is 15.9 Å². The van der Waals surface area contributed by atoms with Gasteiger partial charge in [0.05, 0.1) is 17.1 Å². The van der Waals surface area contributed by atoms with Crippen LogP contribution in [0.3, 0.4) is 0 Å². The van der Waals surface area contributed by atoms with Crippen molar-refractivity contribution >= 4 is 59.5 Å². The monoisotopic (exact) mass is 1020 g/mol. The van der Waals surface area contributed by atoms with Crippen molar-refractivity contribution in [3.63, 3.8) is 0 Å². The predicted octanol–water partition coefficient (Wildman–Crippen LogP) is 15.3. The van der Waals surface area contributed by atoms with Crippen molar-refractivity contribution in [3.8, 4) is 33.8 Å². The molecule has 0 aliphatic rings. The van der Waals surface area contributed by atoms with Gasteiger partial charge in [-0.2, -0.15) is 0 Å². The Morgan fingerprint density at radius 2 is 0.658 bits per heavy atom. The van der Waals surface area contributed by atoms with Gasteiger partial charge in [-0.05, 0) is 165 Å². The van der Waals surface area contributed by atoms with Crippen LogP contribution in [0.4, 0.5) is 0 Å². The van der Waals surface area contributed by atoms with Gasteiger partial charge >= 0.3 is 7.12 Å². The van der Waals surface area contributed by atoms with Gasteiger partial charge in [0.2, 0.25) is 0 Å². The van der Waals surface area contributed by atoms with Crippen LogP contribution in [0.25, 0.3) is 70.2 Å². The van der Waals surface area contributed by atoms with Gasteiger partial charge in [0.25, 0.3) is 0 Å². The van der Waals surface area contributed by atoms with E-state index in [4.69, 9.17) is 10.0 Å². The largest absolute Gasteiger partial charge is 0.448 e. The fraction of sp³-hybridized carbons (Fsp3) is 0.143. The molecule has 0 amide bonds. The lowest BCUT2D eigenvalue weighted by atomic mass is 9.99. The van der Waals surface area contributed by atoms with E-state index in [2.05, 4.69) is 190 Å². The van der Waals surface area contributed by atoms with Crippen LogP contribution in [0.2, 0.25) is 6.82 Å². The number of aryl methyl sites for hydroxylation is 8. The van der Waals surface area contributed by atoms with Crippen molar-refractivity contribution in [1.29, 1.82) is 0 Å². The second-order valence-corrected chi connectivity index (χ2v) is 18.6. The molecule has 9 rings (SSSR count). The quantitative estimate of drug-likeness (QED) is 0.108. The van der Waals surface area contributed by atoms with Crippen LogP contribution in [0.5, 0.6) is 0 Å². The maximum Gasteiger partial charge on any atom is 0.448 e. The summed E-state index contributed by atoms with van der Waals surface area (Å²) in [6.07, 6.45) is 24.1. The SMILES string of the molecule is CB(O)O.Cc1cnc(-c2cnc(Br)c(C)c2)c(/C=C/c2ccccc2)c1.Cc1cnc(-c2cnc(C)c(C)c2)c(/C=C/c2ccccc2)c1.Cc1cnc(-c2cnc(C)c(C)c2)c(/C=C/c2ccccc2)c1. The third-order valence-corrected chi connectivity index (χ3v) is 12.3. The molecule has 2 N–H and O–H groups in total. The molecule has 10 heteroatoms. The molecule has 0 aliphatic heterocycles. The maximum atomic E-state index is 7.61. The zero-order chi connectivity index (χ0) is 52.3. The minimum Gasteiger partial charge on any atom is -0.427 e. The second kappa shape index (κ2) is 27.2. The summed E-state index contributed by atoms with van der Waals surface area (Å²) in [6, 6.07) is 43.8. The predicted molar refractivity (Wildman–Crippen MR) is 310 cm³/mol. The molecule has 3 aromatic carbocycles. The number of pyridine rings is 6. The van der Waals surface area contributed by atoms with Gasteiger partial charge in [0, 0.05) is 81.9 Å². The Kier molecular flexibility index (Phi) is 20.3. The molecule has 8 nitrogen and oxygen atoms in total. The molecule has 366 valence electrons. The molecule has 0 aliphatic carbocycles. The molecular formula is C63H62BBrN6O2. The first-order chi connectivity index (χ1) is 35.1. The molecule has 6 aromatic heterocycles. The minimum absolute atomic E-state index is 0.870. The van der Waals surface area contributed by atoms with Gasteiger partial charge in [-0.1, -0.05) is 127 Å². The molecule has 0 saturated carbocycles. The molecule has 0 unspecified atom stereocenters. The zero-order valence-electron chi connectivity index (χ0n) is 43.1. The van der Waals surface area contributed by atoms with Crippen molar-refractivity contribution in [2.75, 3.05) is 0 Å². The fourth-order valence-corrected chi connectivity index (χ4v) is 7.58. The molecule has 6 heterocycles. The number of nitrogens with zero attached hydrogens (tertiary/aromatic N) is 6. The van der Waals surface area contributed by atoms with Crippen molar-refractivity contribution in [2.45, 2.75) is 62.2 Å². The summed E-state index contributed by atoms with van der Waals surface area (Å²) in [6.45, 7) is 17.7. The molecule has 0 radical (unpaired) electrons. The highest BCUT2D eigenvalue weighted by Gasteiger charge is 2.11. The van der Waals surface area contributed by atoms with Gasteiger partial charge in [-0.25, -0.2) is 4.98 Å². The first-order valence-electron chi connectivity index (χ1n) is 24.1. The first-order valence-corrected chi connectivity index (χ1v) is 24.9. The summed E-state index contributed by atoms with van der Waals surface area (Å²) in [4.78, 5) is 27.2. The average molecular weight is 1030 g/mol. The number of benzene rings is 3.